The number of nitrogens with one attached hydrogen (secondary N) is 2. The fourth-order valence-corrected chi connectivity index (χ4v) is 1.34. The molecular formula is C10H11N5O. The van der Waals surface area contributed by atoms with Crippen molar-refractivity contribution in [3.8, 4) is 0 Å². The third kappa shape index (κ3) is 2.22. The predicted octanol–water partition coefficient (Wildman–Crippen LogP) is 0.438. The number of aromatic amines is 1. The fourth-order valence-electron chi connectivity index (χ4n) is 1.34. The van der Waals surface area contributed by atoms with E-state index in [1.54, 1.807) is 6.07 Å². The van der Waals surface area contributed by atoms with Gasteiger partial charge in [-0.1, -0.05) is 23.4 Å². The van der Waals surface area contributed by atoms with Crippen molar-refractivity contribution in [3.05, 3.63) is 41.2 Å². The van der Waals surface area contributed by atoms with E-state index < -0.39 is 0 Å². The van der Waals surface area contributed by atoms with Gasteiger partial charge in [0.2, 0.25) is 0 Å². The van der Waals surface area contributed by atoms with Crippen molar-refractivity contribution in [2.75, 3.05) is 0 Å². The van der Waals surface area contributed by atoms with Crippen molar-refractivity contribution >= 4 is 5.91 Å². The van der Waals surface area contributed by atoms with Gasteiger partial charge >= 0.3 is 0 Å². The lowest BCUT2D eigenvalue weighted by molar-refractivity contribution is 0.0949. The summed E-state index contributed by atoms with van der Waals surface area (Å²) in [6.45, 7) is 2.16. The number of rotatable bonds is 3. The van der Waals surface area contributed by atoms with Crippen molar-refractivity contribution < 1.29 is 4.79 Å². The standard InChI is InChI=1S/C10H11N5O/c1-7-4-2-3-5-8(7)10(16)11-6-9-12-14-15-13-9/h2-5H,6H2,1H3,(H,11,16)(H,12,13,14,15). The van der Waals surface area contributed by atoms with Crippen LogP contribution in [0.4, 0.5) is 0 Å². The van der Waals surface area contributed by atoms with E-state index in [2.05, 4.69) is 25.9 Å². The summed E-state index contributed by atoms with van der Waals surface area (Å²) in [5.41, 5.74) is 1.60. The molecule has 1 heterocycles. The minimum atomic E-state index is -0.136. The van der Waals surface area contributed by atoms with Crippen LogP contribution in [-0.2, 0) is 6.54 Å². The lowest BCUT2D eigenvalue weighted by atomic mass is 10.1. The Morgan fingerprint density at radius 3 is 2.94 bits per heavy atom. The summed E-state index contributed by atoms with van der Waals surface area (Å²) in [5.74, 6) is 0.324. The predicted molar refractivity (Wildman–Crippen MR) is 56.5 cm³/mol. The van der Waals surface area contributed by atoms with E-state index in [1.807, 2.05) is 25.1 Å². The summed E-state index contributed by atoms with van der Waals surface area (Å²) in [7, 11) is 0. The highest BCUT2D eigenvalue weighted by molar-refractivity contribution is 5.95. The van der Waals surface area contributed by atoms with Gasteiger partial charge in [0.05, 0.1) is 6.54 Å². The van der Waals surface area contributed by atoms with Crippen LogP contribution in [0.2, 0.25) is 0 Å². The number of tetrazole rings is 1. The van der Waals surface area contributed by atoms with Gasteiger partial charge in [0.1, 0.15) is 0 Å². The van der Waals surface area contributed by atoms with Crippen molar-refractivity contribution in [3.63, 3.8) is 0 Å². The molecule has 2 rings (SSSR count). The second kappa shape index (κ2) is 4.52. The Kier molecular flexibility index (Phi) is 2.90. The number of amides is 1. The third-order valence-corrected chi connectivity index (χ3v) is 2.19. The highest BCUT2D eigenvalue weighted by Gasteiger charge is 2.08. The van der Waals surface area contributed by atoms with E-state index in [9.17, 15) is 4.79 Å². The molecule has 82 valence electrons. The summed E-state index contributed by atoms with van der Waals surface area (Å²) >= 11 is 0. The highest BCUT2D eigenvalue weighted by atomic mass is 16.1. The van der Waals surface area contributed by atoms with Crippen molar-refractivity contribution in [1.82, 2.24) is 25.9 Å². The van der Waals surface area contributed by atoms with E-state index in [4.69, 9.17) is 0 Å². The van der Waals surface area contributed by atoms with Crippen LogP contribution in [0.1, 0.15) is 21.7 Å². The molecule has 0 bridgehead atoms. The molecule has 0 atom stereocenters. The van der Waals surface area contributed by atoms with E-state index >= 15 is 0 Å². The molecule has 1 amide bonds. The smallest absolute Gasteiger partial charge is 0.251 e. The molecule has 0 saturated heterocycles. The molecule has 0 fully saturated rings. The van der Waals surface area contributed by atoms with Crippen molar-refractivity contribution in [2.45, 2.75) is 13.5 Å². The molecule has 2 aromatic rings. The molecule has 0 unspecified atom stereocenters. The van der Waals surface area contributed by atoms with Gasteiger partial charge in [-0.05, 0) is 18.6 Å². The molecule has 6 heteroatoms. The summed E-state index contributed by atoms with van der Waals surface area (Å²) in [4.78, 5) is 11.8. The topological polar surface area (TPSA) is 83.6 Å². The molecule has 2 N–H and O–H groups in total. The molecule has 1 aromatic carbocycles. The lowest BCUT2D eigenvalue weighted by Crippen LogP contribution is -2.24. The Bertz CT molecular complexity index is 480. The van der Waals surface area contributed by atoms with Crippen LogP contribution in [0, 0.1) is 6.92 Å². The average molecular weight is 217 g/mol. The van der Waals surface area contributed by atoms with E-state index in [0.29, 0.717) is 11.4 Å². The molecule has 6 nitrogen and oxygen atoms in total. The van der Waals surface area contributed by atoms with Crippen LogP contribution < -0.4 is 5.32 Å². The zero-order valence-corrected chi connectivity index (χ0v) is 8.77. The quantitative estimate of drug-likeness (QED) is 0.781. The Morgan fingerprint density at radius 1 is 1.44 bits per heavy atom. The maximum absolute atomic E-state index is 11.8. The molecular weight excluding hydrogens is 206 g/mol. The number of H-pyrrole nitrogens is 1. The Balaban J connectivity index is 2.01. The number of hydrogen-bond acceptors (Lipinski definition) is 4. The van der Waals surface area contributed by atoms with Gasteiger partial charge in [-0.25, -0.2) is 0 Å². The maximum atomic E-state index is 11.8. The number of hydrogen-bond donors (Lipinski definition) is 2. The molecule has 0 aliphatic heterocycles. The van der Waals surface area contributed by atoms with Crippen molar-refractivity contribution in [1.29, 1.82) is 0 Å². The number of nitrogens with zero attached hydrogens (tertiary/aromatic N) is 3. The van der Waals surface area contributed by atoms with Crippen LogP contribution in [0.15, 0.2) is 24.3 Å². The van der Waals surface area contributed by atoms with E-state index in [-0.39, 0.29) is 12.5 Å². The van der Waals surface area contributed by atoms with E-state index in [0.717, 1.165) is 5.56 Å². The SMILES string of the molecule is Cc1ccccc1C(=O)NCc1nn[nH]n1. The summed E-state index contributed by atoms with van der Waals surface area (Å²) in [5, 5.41) is 15.9. The number of aryl methyl sites for hydroxylation is 1. The summed E-state index contributed by atoms with van der Waals surface area (Å²) in [6, 6.07) is 7.39. The number of benzene rings is 1. The normalized spacial score (nSPS) is 10.1. The van der Waals surface area contributed by atoms with Gasteiger partial charge in [-0.2, -0.15) is 5.21 Å². The van der Waals surface area contributed by atoms with Gasteiger partial charge in [-0.15, -0.1) is 10.2 Å². The first-order valence-electron chi connectivity index (χ1n) is 4.83. The summed E-state index contributed by atoms with van der Waals surface area (Å²) < 4.78 is 0. The van der Waals surface area contributed by atoms with Gasteiger partial charge < -0.3 is 5.32 Å². The summed E-state index contributed by atoms with van der Waals surface area (Å²) in [6.07, 6.45) is 0. The first-order valence-corrected chi connectivity index (χ1v) is 4.83. The van der Waals surface area contributed by atoms with Crippen LogP contribution in [0.3, 0.4) is 0 Å². The zero-order chi connectivity index (χ0) is 11.4. The van der Waals surface area contributed by atoms with Gasteiger partial charge in [0.15, 0.2) is 5.82 Å². The van der Waals surface area contributed by atoms with Crippen LogP contribution in [-0.4, -0.2) is 26.5 Å². The number of carbonyl (C=O) groups is 1. The molecule has 16 heavy (non-hydrogen) atoms. The maximum Gasteiger partial charge on any atom is 0.251 e. The van der Waals surface area contributed by atoms with Crippen LogP contribution in [0.5, 0.6) is 0 Å². The molecule has 0 saturated carbocycles. The lowest BCUT2D eigenvalue weighted by Gasteiger charge is -2.04. The van der Waals surface area contributed by atoms with Gasteiger partial charge in [0.25, 0.3) is 5.91 Å². The molecule has 1 aromatic heterocycles. The Morgan fingerprint density at radius 2 is 2.25 bits per heavy atom. The third-order valence-electron chi connectivity index (χ3n) is 2.19. The Labute approximate surface area is 92.1 Å². The fraction of sp³-hybridized carbons (Fsp3) is 0.200. The van der Waals surface area contributed by atoms with Crippen LogP contribution in [0.25, 0.3) is 0 Å². The van der Waals surface area contributed by atoms with Gasteiger partial charge in [0, 0.05) is 5.56 Å². The van der Waals surface area contributed by atoms with Gasteiger partial charge in [-0.3, -0.25) is 4.79 Å². The second-order valence-electron chi connectivity index (χ2n) is 3.33. The number of aromatic nitrogens is 4. The van der Waals surface area contributed by atoms with Crippen LogP contribution >= 0.6 is 0 Å². The van der Waals surface area contributed by atoms with E-state index in [1.165, 1.54) is 0 Å². The minimum absolute atomic E-state index is 0.136. The largest absolute Gasteiger partial charge is 0.345 e. The zero-order valence-electron chi connectivity index (χ0n) is 8.77. The first kappa shape index (κ1) is 10.3. The highest BCUT2D eigenvalue weighted by Crippen LogP contribution is 2.06. The Hall–Kier alpha value is -2.24. The second-order valence-corrected chi connectivity index (χ2v) is 3.33. The molecule has 0 aliphatic rings. The van der Waals surface area contributed by atoms with Crippen molar-refractivity contribution in [2.24, 2.45) is 0 Å². The minimum Gasteiger partial charge on any atom is -0.345 e. The molecule has 0 radical (unpaired) electrons. The molecule has 0 aliphatic carbocycles. The average Bonchev–Trinajstić information content (AvgIpc) is 2.79. The molecule has 0 spiro atoms. The monoisotopic (exact) mass is 217 g/mol. The first-order chi connectivity index (χ1) is 7.77. The number of carbonyl (C=O) groups excluding carboxylic acids is 1.